The van der Waals surface area contributed by atoms with Crippen LogP contribution in [0.5, 0.6) is 0 Å². The molecule has 3 aromatic rings. The fraction of sp³-hybridized carbons (Fsp3) is 0. The fourth-order valence-corrected chi connectivity index (χ4v) is 2.03. The van der Waals surface area contributed by atoms with Crippen LogP contribution in [-0.2, 0) is 0 Å². The van der Waals surface area contributed by atoms with Crippen LogP contribution in [0.3, 0.4) is 0 Å². The van der Waals surface area contributed by atoms with E-state index in [4.69, 9.17) is 5.73 Å². The van der Waals surface area contributed by atoms with Gasteiger partial charge >= 0.3 is 0 Å². The molecule has 0 aliphatic heterocycles. The van der Waals surface area contributed by atoms with Crippen LogP contribution in [0.2, 0.25) is 0 Å². The molecule has 0 saturated heterocycles. The Hall–Kier alpha value is -2.62. The highest BCUT2D eigenvalue weighted by atomic mass is 16.1. The number of nitrogens with two attached hydrogens (primary N) is 1. The first-order valence-electron chi connectivity index (χ1n) is 5.60. The van der Waals surface area contributed by atoms with Gasteiger partial charge in [0.25, 0.3) is 5.91 Å². The predicted octanol–water partition coefficient (Wildman–Crippen LogP) is 2.12. The summed E-state index contributed by atoms with van der Waals surface area (Å²) in [6, 6.07) is 16.9. The average molecular weight is 237 g/mol. The monoisotopic (exact) mass is 237 g/mol. The number of amides is 1. The number of rotatable bonds is 2. The van der Waals surface area contributed by atoms with E-state index in [-0.39, 0.29) is 0 Å². The zero-order valence-electron chi connectivity index (χ0n) is 9.58. The average Bonchev–Trinajstić information content (AvgIpc) is 2.79. The van der Waals surface area contributed by atoms with Gasteiger partial charge in [0.15, 0.2) is 0 Å². The van der Waals surface area contributed by atoms with Crippen LogP contribution >= 0.6 is 0 Å². The van der Waals surface area contributed by atoms with Gasteiger partial charge in [-0.1, -0.05) is 36.4 Å². The van der Waals surface area contributed by atoms with Crippen LogP contribution < -0.4 is 5.73 Å². The van der Waals surface area contributed by atoms with Crippen LogP contribution in [0.25, 0.3) is 16.6 Å². The SMILES string of the molecule is NC(=O)c1c2ccccc2nn1-c1ccccc1. The number of primary amides is 1. The molecule has 18 heavy (non-hydrogen) atoms. The van der Waals surface area contributed by atoms with Crippen molar-refractivity contribution in [2.45, 2.75) is 0 Å². The molecule has 0 unspecified atom stereocenters. The molecule has 0 spiro atoms. The summed E-state index contributed by atoms with van der Waals surface area (Å²) in [5.41, 5.74) is 7.46. The van der Waals surface area contributed by atoms with Gasteiger partial charge in [0.05, 0.1) is 11.2 Å². The van der Waals surface area contributed by atoms with E-state index in [1.165, 1.54) is 0 Å². The lowest BCUT2D eigenvalue weighted by Gasteiger charge is -2.04. The van der Waals surface area contributed by atoms with Crippen LogP contribution in [0.4, 0.5) is 0 Å². The lowest BCUT2D eigenvalue weighted by molar-refractivity contribution is 0.0994. The van der Waals surface area contributed by atoms with Crippen molar-refractivity contribution in [2.75, 3.05) is 0 Å². The van der Waals surface area contributed by atoms with Crippen LogP contribution in [0.15, 0.2) is 54.6 Å². The van der Waals surface area contributed by atoms with Crippen molar-refractivity contribution in [3.63, 3.8) is 0 Å². The Morgan fingerprint density at radius 1 is 1.00 bits per heavy atom. The molecule has 4 nitrogen and oxygen atoms in total. The second-order valence-electron chi connectivity index (χ2n) is 3.98. The van der Waals surface area contributed by atoms with Gasteiger partial charge in [-0.15, -0.1) is 0 Å². The van der Waals surface area contributed by atoms with Gasteiger partial charge in [-0.05, 0) is 18.2 Å². The summed E-state index contributed by atoms with van der Waals surface area (Å²) in [7, 11) is 0. The van der Waals surface area contributed by atoms with E-state index >= 15 is 0 Å². The molecular weight excluding hydrogens is 226 g/mol. The molecular formula is C14H11N3O. The normalized spacial score (nSPS) is 10.7. The highest BCUT2D eigenvalue weighted by Gasteiger charge is 2.16. The van der Waals surface area contributed by atoms with Gasteiger partial charge in [-0.2, -0.15) is 5.10 Å². The Morgan fingerprint density at radius 2 is 1.67 bits per heavy atom. The molecule has 2 N–H and O–H groups in total. The van der Waals surface area contributed by atoms with E-state index in [0.29, 0.717) is 5.69 Å². The van der Waals surface area contributed by atoms with Crippen molar-refractivity contribution in [1.82, 2.24) is 9.78 Å². The molecule has 0 radical (unpaired) electrons. The molecule has 3 rings (SSSR count). The Kier molecular flexibility index (Phi) is 2.34. The molecule has 0 bridgehead atoms. The Bertz CT molecular complexity index is 716. The smallest absolute Gasteiger partial charge is 0.268 e. The second-order valence-corrected chi connectivity index (χ2v) is 3.98. The first-order chi connectivity index (χ1) is 8.77. The molecule has 0 atom stereocenters. The van der Waals surface area contributed by atoms with E-state index in [1.807, 2.05) is 54.6 Å². The van der Waals surface area contributed by atoms with Crippen molar-refractivity contribution >= 4 is 16.8 Å². The highest BCUT2D eigenvalue weighted by molar-refractivity contribution is 6.04. The molecule has 2 aromatic carbocycles. The fourth-order valence-electron chi connectivity index (χ4n) is 2.03. The maximum absolute atomic E-state index is 11.6. The summed E-state index contributed by atoms with van der Waals surface area (Å²) < 4.78 is 1.59. The van der Waals surface area contributed by atoms with Crippen molar-refractivity contribution < 1.29 is 4.79 Å². The van der Waals surface area contributed by atoms with Crippen molar-refractivity contribution in [3.05, 3.63) is 60.3 Å². The first kappa shape index (κ1) is 10.5. The predicted molar refractivity (Wildman–Crippen MR) is 69.6 cm³/mol. The summed E-state index contributed by atoms with van der Waals surface area (Å²) in [6.07, 6.45) is 0. The van der Waals surface area contributed by atoms with E-state index in [2.05, 4.69) is 5.10 Å². The topological polar surface area (TPSA) is 60.9 Å². The zero-order valence-corrected chi connectivity index (χ0v) is 9.58. The lowest BCUT2D eigenvalue weighted by Crippen LogP contribution is -2.16. The largest absolute Gasteiger partial charge is 0.364 e. The highest BCUT2D eigenvalue weighted by Crippen LogP contribution is 2.21. The van der Waals surface area contributed by atoms with Gasteiger partial charge in [0, 0.05) is 5.39 Å². The van der Waals surface area contributed by atoms with Crippen molar-refractivity contribution in [2.24, 2.45) is 5.73 Å². The lowest BCUT2D eigenvalue weighted by atomic mass is 10.2. The molecule has 0 aliphatic carbocycles. The third-order valence-electron chi connectivity index (χ3n) is 2.81. The minimum Gasteiger partial charge on any atom is -0.364 e. The van der Waals surface area contributed by atoms with Crippen molar-refractivity contribution in [3.8, 4) is 5.69 Å². The van der Waals surface area contributed by atoms with Gasteiger partial charge < -0.3 is 5.73 Å². The van der Waals surface area contributed by atoms with Gasteiger partial charge in [0.1, 0.15) is 5.69 Å². The quantitative estimate of drug-likeness (QED) is 0.742. The maximum Gasteiger partial charge on any atom is 0.268 e. The third kappa shape index (κ3) is 1.55. The summed E-state index contributed by atoms with van der Waals surface area (Å²) in [5, 5.41) is 5.19. The van der Waals surface area contributed by atoms with Gasteiger partial charge in [-0.25, -0.2) is 4.68 Å². The Morgan fingerprint density at radius 3 is 2.39 bits per heavy atom. The number of hydrogen-bond donors (Lipinski definition) is 1. The molecule has 1 amide bonds. The number of para-hydroxylation sites is 1. The van der Waals surface area contributed by atoms with E-state index < -0.39 is 5.91 Å². The molecule has 0 aliphatic rings. The first-order valence-corrected chi connectivity index (χ1v) is 5.60. The Labute approximate surface area is 104 Å². The van der Waals surface area contributed by atoms with Gasteiger partial charge in [-0.3, -0.25) is 4.79 Å². The third-order valence-corrected chi connectivity index (χ3v) is 2.81. The van der Waals surface area contributed by atoms with E-state index in [1.54, 1.807) is 4.68 Å². The molecule has 0 saturated carbocycles. The number of benzene rings is 2. The minimum absolute atomic E-state index is 0.414. The summed E-state index contributed by atoms with van der Waals surface area (Å²) in [5.74, 6) is -0.479. The molecule has 0 fully saturated rings. The van der Waals surface area contributed by atoms with Crippen molar-refractivity contribution in [1.29, 1.82) is 0 Å². The number of carbonyl (C=O) groups excluding carboxylic acids is 1. The summed E-state index contributed by atoms with van der Waals surface area (Å²) in [6.45, 7) is 0. The second kappa shape index (κ2) is 4.00. The van der Waals surface area contributed by atoms with E-state index in [0.717, 1.165) is 16.6 Å². The maximum atomic E-state index is 11.6. The number of aromatic nitrogens is 2. The van der Waals surface area contributed by atoms with Crippen LogP contribution in [-0.4, -0.2) is 15.7 Å². The molecule has 4 heteroatoms. The standard InChI is InChI=1S/C14H11N3O/c15-14(18)13-11-8-4-5-9-12(11)16-17(13)10-6-2-1-3-7-10/h1-9H,(H2,15,18). The number of nitrogens with zero attached hydrogens (tertiary/aromatic N) is 2. The zero-order chi connectivity index (χ0) is 12.5. The number of fused-ring (bicyclic) bond motifs is 1. The minimum atomic E-state index is -0.479. The van der Waals surface area contributed by atoms with Crippen LogP contribution in [0, 0.1) is 0 Å². The van der Waals surface area contributed by atoms with E-state index in [9.17, 15) is 4.79 Å². The number of carbonyl (C=O) groups is 1. The molecule has 1 heterocycles. The van der Waals surface area contributed by atoms with Gasteiger partial charge in [0.2, 0.25) is 0 Å². The number of hydrogen-bond acceptors (Lipinski definition) is 2. The summed E-state index contributed by atoms with van der Waals surface area (Å²) in [4.78, 5) is 11.6. The Balaban J connectivity index is 2.36. The van der Waals surface area contributed by atoms with Crippen LogP contribution in [0.1, 0.15) is 10.5 Å². The molecule has 88 valence electrons. The molecule has 1 aromatic heterocycles. The summed E-state index contributed by atoms with van der Waals surface area (Å²) >= 11 is 0.